The van der Waals surface area contributed by atoms with Crippen molar-refractivity contribution in [2.75, 3.05) is 18.9 Å². The van der Waals surface area contributed by atoms with Gasteiger partial charge in [0.2, 0.25) is 5.91 Å². The lowest BCUT2D eigenvalue weighted by molar-refractivity contribution is -0.384. The molecule has 0 saturated heterocycles. The van der Waals surface area contributed by atoms with E-state index in [0.29, 0.717) is 6.54 Å². The van der Waals surface area contributed by atoms with Crippen molar-refractivity contribution in [3.05, 3.63) is 55.3 Å². The number of nitro benzene ring substituents is 1. The maximum Gasteiger partial charge on any atom is 0.293 e. The molecule has 0 spiro atoms. The van der Waals surface area contributed by atoms with Crippen molar-refractivity contribution < 1.29 is 9.72 Å². The van der Waals surface area contributed by atoms with Crippen LogP contribution < -0.4 is 5.32 Å². The number of nitrogens with one attached hydrogen (secondary N) is 1. The maximum absolute atomic E-state index is 12.2. The molecule has 1 aromatic carbocycles. The Morgan fingerprint density at radius 2 is 1.92 bits per heavy atom. The summed E-state index contributed by atoms with van der Waals surface area (Å²) in [6, 6.07) is 5.19. The van der Waals surface area contributed by atoms with Crippen molar-refractivity contribution in [1.82, 2.24) is 4.90 Å². The summed E-state index contributed by atoms with van der Waals surface area (Å²) < 4.78 is 0. The number of hydrogen-bond donors (Lipinski definition) is 1. The molecule has 0 aliphatic rings. The Labute approximate surface area is 145 Å². The van der Waals surface area contributed by atoms with Gasteiger partial charge in [-0.15, -0.1) is 11.3 Å². The van der Waals surface area contributed by atoms with E-state index in [1.54, 1.807) is 17.4 Å². The van der Waals surface area contributed by atoms with Gasteiger partial charge in [-0.2, -0.15) is 0 Å². The number of benzene rings is 1. The van der Waals surface area contributed by atoms with E-state index in [1.807, 2.05) is 44.2 Å². The lowest BCUT2D eigenvalue weighted by atomic mass is 10.1. The lowest BCUT2D eigenvalue weighted by Gasteiger charge is -2.16. The number of rotatable bonds is 6. The summed E-state index contributed by atoms with van der Waals surface area (Å²) in [5, 5.41) is 15.9. The molecule has 2 aromatic rings. The van der Waals surface area contributed by atoms with Gasteiger partial charge in [-0.25, -0.2) is 0 Å². The van der Waals surface area contributed by atoms with Gasteiger partial charge in [0, 0.05) is 17.5 Å². The highest BCUT2D eigenvalue weighted by Crippen LogP contribution is 2.28. The minimum absolute atomic E-state index is 0.0804. The smallest absolute Gasteiger partial charge is 0.293 e. The molecule has 7 heteroatoms. The predicted octanol–water partition coefficient (Wildman–Crippen LogP) is 3.65. The highest BCUT2D eigenvalue weighted by Gasteiger charge is 2.18. The Bertz CT molecular complexity index is 770. The van der Waals surface area contributed by atoms with Crippen LogP contribution in [-0.4, -0.2) is 29.3 Å². The van der Waals surface area contributed by atoms with Gasteiger partial charge >= 0.3 is 0 Å². The Hall–Kier alpha value is -2.25. The summed E-state index contributed by atoms with van der Waals surface area (Å²) in [5.74, 6) is -0.266. The molecule has 0 aliphatic heterocycles. The molecular formula is C17H21N3O3S. The highest BCUT2D eigenvalue weighted by atomic mass is 32.1. The van der Waals surface area contributed by atoms with Crippen LogP contribution in [-0.2, 0) is 11.3 Å². The Morgan fingerprint density at radius 3 is 2.50 bits per heavy atom. The number of likely N-dealkylation sites (N-methyl/N-ethyl adjacent to an activating group) is 1. The third kappa shape index (κ3) is 4.39. The van der Waals surface area contributed by atoms with Crippen molar-refractivity contribution >= 4 is 28.6 Å². The third-order valence-electron chi connectivity index (χ3n) is 3.88. The quantitative estimate of drug-likeness (QED) is 0.639. The van der Waals surface area contributed by atoms with E-state index in [-0.39, 0.29) is 23.8 Å². The zero-order valence-electron chi connectivity index (χ0n) is 14.3. The van der Waals surface area contributed by atoms with Gasteiger partial charge < -0.3 is 5.32 Å². The van der Waals surface area contributed by atoms with Crippen LogP contribution in [0, 0.1) is 30.9 Å². The molecule has 0 radical (unpaired) electrons. The number of hydrogen-bond acceptors (Lipinski definition) is 5. The second-order valence-electron chi connectivity index (χ2n) is 5.96. The number of anilines is 1. The molecule has 128 valence electrons. The van der Waals surface area contributed by atoms with Gasteiger partial charge in [-0.3, -0.25) is 19.8 Å². The topological polar surface area (TPSA) is 75.5 Å². The molecule has 24 heavy (non-hydrogen) atoms. The minimum Gasteiger partial charge on any atom is -0.319 e. The monoisotopic (exact) mass is 347 g/mol. The molecule has 0 atom stereocenters. The van der Waals surface area contributed by atoms with Crippen LogP contribution in [0.5, 0.6) is 0 Å². The number of amides is 1. The van der Waals surface area contributed by atoms with E-state index in [9.17, 15) is 14.9 Å². The summed E-state index contributed by atoms with van der Waals surface area (Å²) in [4.78, 5) is 26.0. The van der Waals surface area contributed by atoms with E-state index >= 15 is 0 Å². The second kappa shape index (κ2) is 7.55. The number of aryl methyl sites for hydroxylation is 3. The molecular weight excluding hydrogens is 326 g/mol. The predicted molar refractivity (Wildman–Crippen MR) is 96.6 cm³/mol. The Balaban J connectivity index is 2.05. The van der Waals surface area contributed by atoms with Gasteiger partial charge in [0.1, 0.15) is 5.69 Å². The highest BCUT2D eigenvalue weighted by molar-refractivity contribution is 7.10. The minimum atomic E-state index is -0.471. The summed E-state index contributed by atoms with van der Waals surface area (Å²) in [6.07, 6.45) is 0. The van der Waals surface area contributed by atoms with Crippen molar-refractivity contribution in [3.63, 3.8) is 0 Å². The fourth-order valence-corrected chi connectivity index (χ4v) is 3.34. The van der Waals surface area contributed by atoms with Crippen LogP contribution in [0.2, 0.25) is 0 Å². The number of nitrogens with zero attached hydrogens (tertiary/aromatic N) is 2. The molecule has 6 nitrogen and oxygen atoms in total. The van der Waals surface area contributed by atoms with E-state index in [4.69, 9.17) is 0 Å². The SMILES string of the molecule is Cc1cc(NC(=O)CN(C)Cc2sccc2C)c([N+](=O)[O-])cc1C. The van der Waals surface area contributed by atoms with Crippen LogP contribution in [0.1, 0.15) is 21.6 Å². The van der Waals surface area contributed by atoms with Crippen molar-refractivity contribution in [2.45, 2.75) is 27.3 Å². The summed E-state index contributed by atoms with van der Waals surface area (Å²) >= 11 is 1.66. The van der Waals surface area contributed by atoms with Gasteiger partial charge in [0.15, 0.2) is 0 Å². The first-order valence-electron chi connectivity index (χ1n) is 7.55. The van der Waals surface area contributed by atoms with Crippen LogP contribution in [0.25, 0.3) is 0 Å². The molecule has 1 amide bonds. The molecule has 0 unspecified atom stereocenters. The third-order valence-corrected chi connectivity index (χ3v) is 4.89. The van der Waals surface area contributed by atoms with Crippen LogP contribution >= 0.6 is 11.3 Å². The molecule has 1 aromatic heterocycles. The normalized spacial score (nSPS) is 10.9. The van der Waals surface area contributed by atoms with Crippen LogP contribution in [0.15, 0.2) is 23.6 Å². The standard InChI is InChI=1S/C17H21N3O3S/c1-11-5-6-24-16(11)9-19(4)10-17(21)18-14-7-12(2)13(3)8-15(14)20(22)23/h5-8H,9-10H2,1-4H3,(H,18,21). The fourth-order valence-electron chi connectivity index (χ4n) is 2.35. The first-order chi connectivity index (χ1) is 11.3. The Morgan fingerprint density at radius 1 is 1.25 bits per heavy atom. The van der Waals surface area contributed by atoms with Crippen molar-refractivity contribution in [3.8, 4) is 0 Å². The van der Waals surface area contributed by atoms with Crippen LogP contribution in [0.3, 0.4) is 0 Å². The zero-order valence-corrected chi connectivity index (χ0v) is 15.1. The first kappa shape index (κ1) is 18.1. The van der Waals surface area contributed by atoms with E-state index in [2.05, 4.69) is 5.32 Å². The summed E-state index contributed by atoms with van der Waals surface area (Å²) in [7, 11) is 1.85. The number of nitro groups is 1. The number of thiophene rings is 1. The maximum atomic E-state index is 12.2. The molecule has 1 N–H and O–H groups in total. The van der Waals surface area contributed by atoms with Gasteiger partial charge in [-0.05, 0) is 62.0 Å². The fraction of sp³-hybridized carbons (Fsp3) is 0.353. The summed E-state index contributed by atoms with van der Waals surface area (Å²) in [6.45, 7) is 6.55. The summed E-state index contributed by atoms with van der Waals surface area (Å²) in [5.41, 5.74) is 3.09. The molecule has 0 bridgehead atoms. The zero-order chi connectivity index (χ0) is 17.9. The lowest BCUT2D eigenvalue weighted by Crippen LogP contribution is -2.30. The van der Waals surface area contributed by atoms with Crippen molar-refractivity contribution in [2.24, 2.45) is 0 Å². The molecule has 0 saturated carbocycles. The first-order valence-corrected chi connectivity index (χ1v) is 8.43. The average molecular weight is 347 g/mol. The van der Waals surface area contributed by atoms with E-state index < -0.39 is 4.92 Å². The van der Waals surface area contributed by atoms with Gasteiger partial charge in [0.05, 0.1) is 11.5 Å². The van der Waals surface area contributed by atoms with Gasteiger partial charge in [0.25, 0.3) is 5.69 Å². The molecule has 0 fully saturated rings. The Kier molecular flexibility index (Phi) is 5.69. The number of carbonyl (C=O) groups is 1. The molecule has 1 heterocycles. The number of carbonyl (C=O) groups excluding carboxylic acids is 1. The molecule has 2 rings (SSSR count). The van der Waals surface area contributed by atoms with Crippen molar-refractivity contribution in [1.29, 1.82) is 0 Å². The van der Waals surface area contributed by atoms with Gasteiger partial charge in [-0.1, -0.05) is 0 Å². The molecule has 0 aliphatic carbocycles. The van der Waals surface area contributed by atoms with Crippen LogP contribution in [0.4, 0.5) is 11.4 Å². The average Bonchev–Trinajstić information content (AvgIpc) is 2.87. The largest absolute Gasteiger partial charge is 0.319 e. The van der Waals surface area contributed by atoms with E-state index in [1.165, 1.54) is 16.5 Å². The second-order valence-corrected chi connectivity index (χ2v) is 6.96. The van der Waals surface area contributed by atoms with E-state index in [0.717, 1.165) is 11.1 Å².